The molecule has 4 aromatic rings. The highest BCUT2D eigenvalue weighted by atomic mass is 15.1. The zero-order chi connectivity index (χ0) is 15.6. The number of nitrogen functional groups attached to an aromatic ring is 1. The molecule has 6 heteroatoms. The molecule has 2 heterocycles. The third-order valence-corrected chi connectivity index (χ3v) is 3.55. The predicted molar refractivity (Wildman–Crippen MR) is 91.3 cm³/mol. The molecule has 2 aromatic carbocycles. The van der Waals surface area contributed by atoms with Crippen LogP contribution in [0.15, 0.2) is 61.1 Å². The van der Waals surface area contributed by atoms with Crippen molar-refractivity contribution in [2.75, 3.05) is 11.1 Å². The molecule has 2 aromatic heterocycles. The molecule has 0 saturated carbocycles. The molecule has 23 heavy (non-hydrogen) atoms. The van der Waals surface area contributed by atoms with Gasteiger partial charge >= 0.3 is 0 Å². The van der Waals surface area contributed by atoms with Crippen LogP contribution in [0, 0.1) is 0 Å². The van der Waals surface area contributed by atoms with Crippen molar-refractivity contribution in [1.82, 2.24) is 20.2 Å². The van der Waals surface area contributed by atoms with Gasteiger partial charge in [0.15, 0.2) is 0 Å². The third-order valence-electron chi connectivity index (χ3n) is 3.55. The summed E-state index contributed by atoms with van der Waals surface area (Å²) in [4.78, 5) is 8.90. The highest BCUT2D eigenvalue weighted by molar-refractivity contribution is 5.84. The lowest BCUT2D eigenvalue weighted by molar-refractivity contribution is 1.09. The second kappa shape index (κ2) is 5.42. The number of fused-ring (bicyclic) bond motifs is 1. The van der Waals surface area contributed by atoms with Crippen LogP contribution in [0.1, 0.15) is 0 Å². The van der Waals surface area contributed by atoms with Crippen molar-refractivity contribution >= 4 is 28.2 Å². The molecule has 0 spiro atoms. The summed E-state index contributed by atoms with van der Waals surface area (Å²) in [7, 11) is 0. The smallest absolute Gasteiger partial charge is 0.227 e. The maximum atomic E-state index is 5.78. The van der Waals surface area contributed by atoms with Crippen molar-refractivity contribution in [3.8, 4) is 11.1 Å². The Kier molecular flexibility index (Phi) is 3.12. The summed E-state index contributed by atoms with van der Waals surface area (Å²) in [5, 5.41) is 10.9. The molecule has 0 aliphatic rings. The first-order valence-electron chi connectivity index (χ1n) is 7.16. The lowest BCUT2D eigenvalue weighted by atomic mass is 10.1. The average molecular weight is 302 g/mol. The SMILES string of the molecule is Nc1cccc(Nc2ncc3cc(-c4cn[nH]c4)ccc3n2)c1. The molecule has 4 N–H and O–H groups in total. The minimum Gasteiger partial charge on any atom is -0.399 e. The first kappa shape index (κ1) is 13.3. The Hall–Kier alpha value is -3.41. The zero-order valence-corrected chi connectivity index (χ0v) is 12.2. The Labute approximate surface area is 132 Å². The molecule has 0 aliphatic carbocycles. The van der Waals surface area contributed by atoms with E-state index in [0.717, 1.165) is 27.7 Å². The van der Waals surface area contributed by atoms with Gasteiger partial charge < -0.3 is 11.1 Å². The van der Waals surface area contributed by atoms with Gasteiger partial charge in [0.1, 0.15) is 0 Å². The molecule has 0 atom stereocenters. The Morgan fingerprint density at radius 3 is 2.78 bits per heavy atom. The summed E-state index contributed by atoms with van der Waals surface area (Å²) in [6.07, 6.45) is 5.45. The number of nitrogens with two attached hydrogens (primary N) is 1. The fraction of sp³-hybridized carbons (Fsp3) is 0. The van der Waals surface area contributed by atoms with E-state index in [1.165, 1.54) is 0 Å². The van der Waals surface area contributed by atoms with Crippen LogP contribution in [0.3, 0.4) is 0 Å². The lowest BCUT2D eigenvalue weighted by Crippen LogP contribution is -1.97. The van der Waals surface area contributed by atoms with E-state index in [4.69, 9.17) is 5.73 Å². The van der Waals surface area contributed by atoms with Gasteiger partial charge in [-0.05, 0) is 35.9 Å². The third kappa shape index (κ3) is 2.69. The van der Waals surface area contributed by atoms with Crippen LogP contribution in [0.25, 0.3) is 22.0 Å². The molecule has 0 radical (unpaired) electrons. The van der Waals surface area contributed by atoms with Gasteiger partial charge in [-0.1, -0.05) is 12.1 Å². The molecule has 0 bridgehead atoms. The van der Waals surface area contributed by atoms with E-state index < -0.39 is 0 Å². The zero-order valence-electron chi connectivity index (χ0n) is 12.2. The second-order valence-electron chi connectivity index (χ2n) is 5.20. The fourth-order valence-corrected chi connectivity index (χ4v) is 2.43. The van der Waals surface area contributed by atoms with Gasteiger partial charge in [-0.25, -0.2) is 9.97 Å². The maximum absolute atomic E-state index is 5.78. The van der Waals surface area contributed by atoms with Gasteiger partial charge in [0, 0.05) is 34.7 Å². The van der Waals surface area contributed by atoms with E-state index in [9.17, 15) is 0 Å². The number of hydrogen-bond donors (Lipinski definition) is 3. The number of anilines is 3. The van der Waals surface area contributed by atoms with E-state index >= 15 is 0 Å². The quantitative estimate of drug-likeness (QED) is 0.505. The standard InChI is InChI=1S/C17H14N6/c18-14-2-1-3-15(7-14)22-17-19-8-12-6-11(4-5-16(12)23-17)13-9-20-21-10-13/h1-10H,18H2,(H,20,21)(H,19,22,23). The molecule has 4 rings (SSSR count). The van der Waals surface area contributed by atoms with Crippen LogP contribution in [-0.2, 0) is 0 Å². The molecule has 0 saturated heterocycles. The van der Waals surface area contributed by atoms with Crippen LogP contribution >= 0.6 is 0 Å². The van der Waals surface area contributed by atoms with Crippen molar-refractivity contribution in [3.05, 3.63) is 61.1 Å². The number of H-pyrrole nitrogens is 1. The topological polar surface area (TPSA) is 92.5 Å². The molecule has 0 aliphatic heterocycles. The Bertz CT molecular complexity index is 962. The summed E-state index contributed by atoms with van der Waals surface area (Å²) < 4.78 is 0. The molecule has 0 amide bonds. The molecule has 0 unspecified atom stereocenters. The normalized spacial score (nSPS) is 10.8. The van der Waals surface area contributed by atoms with Gasteiger partial charge in [-0.2, -0.15) is 5.10 Å². The van der Waals surface area contributed by atoms with Crippen molar-refractivity contribution in [3.63, 3.8) is 0 Å². The van der Waals surface area contributed by atoms with Crippen LogP contribution in [0.2, 0.25) is 0 Å². The molecule has 112 valence electrons. The minimum atomic E-state index is 0.541. The van der Waals surface area contributed by atoms with Crippen molar-refractivity contribution in [2.45, 2.75) is 0 Å². The molecule has 0 fully saturated rings. The highest BCUT2D eigenvalue weighted by Crippen LogP contribution is 2.23. The van der Waals surface area contributed by atoms with Crippen LogP contribution in [0.5, 0.6) is 0 Å². The molecular weight excluding hydrogens is 288 g/mol. The number of nitrogens with zero attached hydrogens (tertiary/aromatic N) is 3. The summed E-state index contributed by atoms with van der Waals surface area (Å²) in [5.74, 6) is 0.541. The van der Waals surface area contributed by atoms with Crippen LogP contribution in [-0.4, -0.2) is 20.2 Å². The number of nitrogens with one attached hydrogen (secondary N) is 2. The number of benzene rings is 2. The number of rotatable bonds is 3. The van der Waals surface area contributed by atoms with Gasteiger partial charge in [0.05, 0.1) is 11.7 Å². The maximum Gasteiger partial charge on any atom is 0.227 e. The van der Waals surface area contributed by atoms with E-state index in [2.05, 4.69) is 25.5 Å². The van der Waals surface area contributed by atoms with E-state index in [-0.39, 0.29) is 0 Å². The summed E-state index contributed by atoms with van der Waals surface area (Å²) in [6.45, 7) is 0. The number of aromatic amines is 1. The average Bonchev–Trinajstić information content (AvgIpc) is 3.09. The molecular formula is C17H14N6. The number of aromatic nitrogens is 4. The highest BCUT2D eigenvalue weighted by Gasteiger charge is 2.04. The van der Waals surface area contributed by atoms with Crippen molar-refractivity contribution in [2.24, 2.45) is 0 Å². The van der Waals surface area contributed by atoms with Gasteiger partial charge in [0.2, 0.25) is 5.95 Å². The van der Waals surface area contributed by atoms with Gasteiger partial charge in [0.25, 0.3) is 0 Å². The summed E-state index contributed by atoms with van der Waals surface area (Å²) in [6, 6.07) is 13.5. The second-order valence-corrected chi connectivity index (χ2v) is 5.20. The Morgan fingerprint density at radius 2 is 1.96 bits per heavy atom. The number of hydrogen-bond acceptors (Lipinski definition) is 5. The van der Waals surface area contributed by atoms with Crippen LogP contribution < -0.4 is 11.1 Å². The van der Waals surface area contributed by atoms with E-state index in [1.54, 1.807) is 12.4 Å². The minimum absolute atomic E-state index is 0.541. The Morgan fingerprint density at radius 1 is 1.00 bits per heavy atom. The fourth-order valence-electron chi connectivity index (χ4n) is 2.43. The monoisotopic (exact) mass is 302 g/mol. The predicted octanol–water partition coefficient (Wildman–Crippen LogP) is 3.35. The lowest BCUT2D eigenvalue weighted by Gasteiger charge is -2.07. The van der Waals surface area contributed by atoms with E-state index in [0.29, 0.717) is 11.6 Å². The summed E-state index contributed by atoms with van der Waals surface area (Å²) >= 11 is 0. The van der Waals surface area contributed by atoms with Crippen molar-refractivity contribution < 1.29 is 0 Å². The summed E-state index contributed by atoms with van der Waals surface area (Å²) in [5.41, 5.74) is 10.3. The van der Waals surface area contributed by atoms with Gasteiger partial charge in [-0.15, -0.1) is 0 Å². The Balaban J connectivity index is 1.67. The van der Waals surface area contributed by atoms with Gasteiger partial charge in [-0.3, -0.25) is 5.10 Å². The molecule has 6 nitrogen and oxygen atoms in total. The first-order chi connectivity index (χ1) is 11.3. The largest absolute Gasteiger partial charge is 0.399 e. The first-order valence-corrected chi connectivity index (χ1v) is 7.16. The van der Waals surface area contributed by atoms with E-state index in [1.807, 2.05) is 48.7 Å². The van der Waals surface area contributed by atoms with Crippen molar-refractivity contribution in [1.29, 1.82) is 0 Å². The van der Waals surface area contributed by atoms with Crippen LogP contribution in [0.4, 0.5) is 17.3 Å².